The van der Waals surface area contributed by atoms with Crippen molar-refractivity contribution in [3.8, 4) is 5.75 Å². The van der Waals surface area contributed by atoms with Gasteiger partial charge in [-0.2, -0.15) is 0 Å². The fourth-order valence-corrected chi connectivity index (χ4v) is 1.84. The predicted octanol–water partition coefficient (Wildman–Crippen LogP) is 3.99. The van der Waals surface area contributed by atoms with E-state index in [4.69, 9.17) is 4.74 Å². The van der Waals surface area contributed by atoms with E-state index in [2.05, 4.69) is 28.7 Å². The molecule has 4 heteroatoms. The van der Waals surface area contributed by atoms with Gasteiger partial charge in [0.05, 0.1) is 6.10 Å². The van der Waals surface area contributed by atoms with Crippen molar-refractivity contribution in [3.63, 3.8) is 0 Å². The molecule has 1 aromatic carbocycles. The van der Waals surface area contributed by atoms with Gasteiger partial charge in [-0.1, -0.05) is 0 Å². The SMILES string of the molecule is CC(C)Oc1ccc(Nc2nccn2C(C)C)cc1. The lowest BCUT2D eigenvalue weighted by molar-refractivity contribution is 0.242. The van der Waals surface area contributed by atoms with Crippen molar-refractivity contribution in [3.05, 3.63) is 36.7 Å². The van der Waals surface area contributed by atoms with Gasteiger partial charge < -0.3 is 14.6 Å². The summed E-state index contributed by atoms with van der Waals surface area (Å²) in [5.74, 6) is 1.74. The Hall–Kier alpha value is -1.97. The predicted molar refractivity (Wildman–Crippen MR) is 78.1 cm³/mol. The van der Waals surface area contributed by atoms with Gasteiger partial charge in [0, 0.05) is 24.1 Å². The Labute approximate surface area is 114 Å². The van der Waals surface area contributed by atoms with E-state index in [0.29, 0.717) is 6.04 Å². The van der Waals surface area contributed by atoms with E-state index in [1.54, 1.807) is 6.20 Å². The van der Waals surface area contributed by atoms with Crippen molar-refractivity contribution < 1.29 is 4.74 Å². The smallest absolute Gasteiger partial charge is 0.207 e. The highest BCUT2D eigenvalue weighted by atomic mass is 16.5. The van der Waals surface area contributed by atoms with E-state index in [1.165, 1.54) is 0 Å². The number of hydrogen-bond acceptors (Lipinski definition) is 3. The summed E-state index contributed by atoms with van der Waals surface area (Å²) in [6.45, 7) is 8.30. The summed E-state index contributed by atoms with van der Waals surface area (Å²) in [6, 6.07) is 8.30. The van der Waals surface area contributed by atoms with Crippen LogP contribution in [-0.4, -0.2) is 15.7 Å². The molecule has 0 radical (unpaired) electrons. The average molecular weight is 259 g/mol. The molecule has 0 aliphatic heterocycles. The summed E-state index contributed by atoms with van der Waals surface area (Å²) in [5, 5.41) is 3.31. The van der Waals surface area contributed by atoms with Crippen LogP contribution in [0.5, 0.6) is 5.75 Å². The first-order valence-electron chi connectivity index (χ1n) is 6.63. The molecule has 0 aliphatic rings. The van der Waals surface area contributed by atoms with Gasteiger partial charge in [-0.15, -0.1) is 0 Å². The fraction of sp³-hybridized carbons (Fsp3) is 0.400. The van der Waals surface area contributed by atoms with Crippen molar-refractivity contribution in [1.82, 2.24) is 9.55 Å². The van der Waals surface area contributed by atoms with Crippen LogP contribution in [0, 0.1) is 0 Å². The molecule has 0 atom stereocenters. The molecular formula is C15H21N3O. The summed E-state index contributed by atoms with van der Waals surface area (Å²) in [5.41, 5.74) is 1.00. The third-order valence-electron chi connectivity index (χ3n) is 2.71. The summed E-state index contributed by atoms with van der Waals surface area (Å²) in [4.78, 5) is 4.32. The first-order chi connectivity index (χ1) is 9.06. The van der Waals surface area contributed by atoms with Gasteiger partial charge in [-0.25, -0.2) is 4.98 Å². The maximum atomic E-state index is 5.62. The Morgan fingerprint density at radius 3 is 2.37 bits per heavy atom. The van der Waals surface area contributed by atoms with Gasteiger partial charge in [0.25, 0.3) is 0 Å². The van der Waals surface area contributed by atoms with Crippen LogP contribution < -0.4 is 10.1 Å². The number of aromatic nitrogens is 2. The quantitative estimate of drug-likeness (QED) is 0.882. The van der Waals surface area contributed by atoms with Crippen molar-refractivity contribution in [2.24, 2.45) is 0 Å². The van der Waals surface area contributed by atoms with E-state index in [0.717, 1.165) is 17.4 Å². The minimum absolute atomic E-state index is 0.193. The maximum Gasteiger partial charge on any atom is 0.207 e. The van der Waals surface area contributed by atoms with Crippen LogP contribution >= 0.6 is 0 Å². The summed E-state index contributed by atoms with van der Waals surface area (Å²) in [6.07, 6.45) is 3.97. The highest BCUT2D eigenvalue weighted by Gasteiger charge is 2.06. The fourth-order valence-electron chi connectivity index (χ4n) is 1.84. The van der Waals surface area contributed by atoms with E-state index in [1.807, 2.05) is 44.3 Å². The molecule has 2 aromatic rings. The van der Waals surface area contributed by atoms with Crippen molar-refractivity contribution in [2.75, 3.05) is 5.32 Å². The van der Waals surface area contributed by atoms with Crippen LogP contribution in [0.3, 0.4) is 0 Å². The molecule has 0 spiro atoms. The van der Waals surface area contributed by atoms with Crippen LogP contribution in [0.25, 0.3) is 0 Å². The largest absolute Gasteiger partial charge is 0.491 e. The molecule has 102 valence electrons. The molecule has 4 nitrogen and oxygen atoms in total. The minimum Gasteiger partial charge on any atom is -0.491 e. The van der Waals surface area contributed by atoms with Gasteiger partial charge in [-0.3, -0.25) is 0 Å². The van der Waals surface area contributed by atoms with Crippen molar-refractivity contribution in [1.29, 1.82) is 0 Å². The molecule has 0 saturated heterocycles. The molecule has 19 heavy (non-hydrogen) atoms. The second-order valence-corrected chi connectivity index (χ2v) is 5.07. The van der Waals surface area contributed by atoms with E-state index >= 15 is 0 Å². The topological polar surface area (TPSA) is 39.1 Å². The number of hydrogen-bond donors (Lipinski definition) is 1. The summed E-state index contributed by atoms with van der Waals surface area (Å²) >= 11 is 0. The molecular weight excluding hydrogens is 238 g/mol. The average Bonchev–Trinajstić information content (AvgIpc) is 2.79. The Morgan fingerprint density at radius 2 is 1.79 bits per heavy atom. The lowest BCUT2D eigenvalue weighted by Gasteiger charge is -2.13. The van der Waals surface area contributed by atoms with Crippen LogP contribution in [0.2, 0.25) is 0 Å². The Kier molecular flexibility index (Phi) is 4.10. The number of benzene rings is 1. The molecule has 0 unspecified atom stereocenters. The third-order valence-corrected chi connectivity index (χ3v) is 2.71. The molecule has 0 bridgehead atoms. The zero-order chi connectivity index (χ0) is 13.8. The summed E-state index contributed by atoms with van der Waals surface area (Å²) in [7, 11) is 0. The van der Waals surface area contributed by atoms with Crippen LogP contribution in [0.15, 0.2) is 36.7 Å². The molecule has 1 N–H and O–H groups in total. The number of anilines is 2. The lowest BCUT2D eigenvalue weighted by Crippen LogP contribution is -2.06. The number of nitrogens with one attached hydrogen (secondary N) is 1. The number of ether oxygens (including phenoxy) is 1. The molecule has 0 saturated carbocycles. The normalized spacial score (nSPS) is 11.1. The summed E-state index contributed by atoms with van der Waals surface area (Å²) < 4.78 is 7.71. The minimum atomic E-state index is 0.193. The van der Waals surface area contributed by atoms with E-state index < -0.39 is 0 Å². The van der Waals surface area contributed by atoms with Gasteiger partial charge in [-0.05, 0) is 52.0 Å². The van der Waals surface area contributed by atoms with Gasteiger partial charge in [0.2, 0.25) is 5.95 Å². The molecule has 0 fully saturated rings. The molecule has 1 aromatic heterocycles. The van der Waals surface area contributed by atoms with Crippen molar-refractivity contribution in [2.45, 2.75) is 39.8 Å². The second kappa shape index (κ2) is 5.78. The molecule has 2 rings (SSSR count). The van der Waals surface area contributed by atoms with Gasteiger partial charge in [0.15, 0.2) is 0 Å². The van der Waals surface area contributed by atoms with Gasteiger partial charge >= 0.3 is 0 Å². The lowest BCUT2D eigenvalue weighted by atomic mass is 10.3. The first kappa shape index (κ1) is 13.5. The molecule has 0 amide bonds. The number of imidazole rings is 1. The Morgan fingerprint density at radius 1 is 1.11 bits per heavy atom. The first-order valence-corrected chi connectivity index (χ1v) is 6.63. The van der Waals surface area contributed by atoms with Gasteiger partial charge in [0.1, 0.15) is 5.75 Å². The number of nitrogens with zero attached hydrogens (tertiary/aromatic N) is 2. The van der Waals surface area contributed by atoms with Crippen LogP contribution in [0.4, 0.5) is 11.6 Å². The van der Waals surface area contributed by atoms with Crippen molar-refractivity contribution >= 4 is 11.6 Å². The standard InChI is InChI=1S/C15H21N3O/c1-11(2)18-10-9-16-15(18)17-13-5-7-14(8-6-13)19-12(3)4/h5-12H,1-4H3,(H,16,17). The zero-order valence-corrected chi connectivity index (χ0v) is 11.9. The van der Waals surface area contributed by atoms with E-state index in [-0.39, 0.29) is 6.10 Å². The van der Waals surface area contributed by atoms with E-state index in [9.17, 15) is 0 Å². The third kappa shape index (κ3) is 3.50. The molecule has 0 aliphatic carbocycles. The zero-order valence-electron chi connectivity index (χ0n) is 11.9. The highest BCUT2D eigenvalue weighted by molar-refractivity contribution is 5.55. The highest BCUT2D eigenvalue weighted by Crippen LogP contribution is 2.21. The van der Waals surface area contributed by atoms with Crippen LogP contribution in [0.1, 0.15) is 33.7 Å². The maximum absolute atomic E-state index is 5.62. The molecule has 1 heterocycles. The Bertz CT molecular complexity index is 514. The number of rotatable bonds is 5. The monoisotopic (exact) mass is 259 g/mol. The second-order valence-electron chi connectivity index (χ2n) is 5.07. The van der Waals surface area contributed by atoms with Crippen LogP contribution in [-0.2, 0) is 0 Å². The Balaban J connectivity index is 2.09.